The number of hydrogen-bond donors (Lipinski definition) is 1. The maximum absolute atomic E-state index is 12.8. The summed E-state index contributed by atoms with van der Waals surface area (Å²) in [5, 5.41) is 14.0. The number of nitrogens with zero attached hydrogens (tertiary/aromatic N) is 2. The van der Waals surface area contributed by atoms with Crippen LogP contribution in [0.15, 0.2) is 36.4 Å². The van der Waals surface area contributed by atoms with Crippen LogP contribution in [0.5, 0.6) is 11.5 Å². The highest BCUT2D eigenvalue weighted by Gasteiger charge is 2.23. The van der Waals surface area contributed by atoms with Gasteiger partial charge in [0.05, 0.1) is 42.7 Å². The number of benzene rings is 2. The van der Waals surface area contributed by atoms with Gasteiger partial charge in [0.2, 0.25) is 0 Å². The number of rotatable bonds is 8. The smallest absolute Gasteiger partial charge is 0.282 e. The molecule has 160 valence electrons. The molecule has 30 heavy (non-hydrogen) atoms. The summed E-state index contributed by atoms with van der Waals surface area (Å²) >= 11 is 0. The average Bonchev–Trinajstić information content (AvgIpc) is 2.76. The van der Waals surface area contributed by atoms with E-state index in [9.17, 15) is 14.9 Å². The second kappa shape index (κ2) is 9.93. The molecule has 1 fully saturated rings. The summed E-state index contributed by atoms with van der Waals surface area (Å²) in [6.45, 7) is 7.23. The second-order valence-corrected chi connectivity index (χ2v) is 6.51. The number of carbonyl (C=O) groups is 1. The fourth-order valence-electron chi connectivity index (χ4n) is 3.26. The largest absolute Gasteiger partial charge is 0.492 e. The molecule has 0 atom stereocenters. The first-order valence-electron chi connectivity index (χ1n) is 9.86. The number of nitro groups is 1. The Labute approximate surface area is 174 Å². The minimum absolute atomic E-state index is 0.0276. The first-order chi connectivity index (χ1) is 14.5. The van der Waals surface area contributed by atoms with E-state index in [1.54, 1.807) is 12.1 Å². The highest BCUT2D eigenvalue weighted by Crippen LogP contribution is 2.39. The zero-order chi connectivity index (χ0) is 21.5. The molecule has 9 nitrogen and oxygen atoms in total. The Morgan fingerprint density at radius 3 is 2.47 bits per heavy atom. The van der Waals surface area contributed by atoms with E-state index in [-0.39, 0.29) is 11.3 Å². The van der Waals surface area contributed by atoms with Gasteiger partial charge >= 0.3 is 0 Å². The van der Waals surface area contributed by atoms with E-state index in [1.807, 2.05) is 19.9 Å². The fraction of sp³-hybridized carbons (Fsp3) is 0.381. The van der Waals surface area contributed by atoms with Crippen LogP contribution in [0.1, 0.15) is 24.2 Å². The van der Waals surface area contributed by atoms with Crippen molar-refractivity contribution in [3.8, 4) is 11.5 Å². The van der Waals surface area contributed by atoms with Gasteiger partial charge in [-0.3, -0.25) is 14.9 Å². The van der Waals surface area contributed by atoms with Gasteiger partial charge in [-0.1, -0.05) is 12.1 Å². The van der Waals surface area contributed by atoms with Crippen LogP contribution in [0.4, 0.5) is 17.1 Å². The molecule has 1 aliphatic rings. The number of amides is 1. The van der Waals surface area contributed by atoms with Crippen LogP contribution in [-0.2, 0) is 4.74 Å². The highest BCUT2D eigenvalue weighted by molar-refractivity contribution is 6.08. The van der Waals surface area contributed by atoms with E-state index < -0.39 is 10.8 Å². The molecule has 1 heterocycles. The first kappa shape index (κ1) is 21.4. The van der Waals surface area contributed by atoms with E-state index in [0.717, 1.165) is 5.69 Å². The molecule has 1 N–H and O–H groups in total. The van der Waals surface area contributed by atoms with Crippen molar-refractivity contribution in [2.45, 2.75) is 13.8 Å². The zero-order valence-corrected chi connectivity index (χ0v) is 17.1. The van der Waals surface area contributed by atoms with Crippen LogP contribution in [0, 0.1) is 10.1 Å². The third kappa shape index (κ3) is 4.80. The van der Waals surface area contributed by atoms with Crippen molar-refractivity contribution in [2.75, 3.05) is 49.7 Å². The lowest BCUT2D eigenvalue weighted by molar-refractivity contribution is -0.385. The summed E-state index contributed by atoms with van der Waals surface area (Å²) in [7, 11) is 0. The Morgan fingerprint density at radius 1 is 1.13 bits per heavy atom. The second-order valence-electron chi connectivity index (χ2n) is 6.51. The minimum atomic E-state index is -0.593. The van der Waals surface area contributed by atoms with E-state index in [1.165, 1.54) is 18.2 Å². The lowest BCUT2D eigenvalue weighted by Crippen LogP contribution is -2.36. The number of para-hydroxylation sites is 1. The summed E-state index contributed by atoms with van der Waals surface area (Å²) in [5.74, 6) is 0.472. The number of hydrogen-bond acceptors (Lipinski definition) is 7. The molecule has 0 bridgehead atoms. The number of morpholine rings is 1. The molecule has 2 aromatic rings. The van der Waals surface area contributed by atoms with Crippen molar-refractivity contribution in [2.24, 2.45) is 0 Å². The van der Waals surface area contributed by atoms with E-state index >= 15 is 0 Å². The van der Waals surface area contributed by atoms with Gasteiger partial charge in [0.1, 0.15) is 17.1 Å². The van der Waals surface area contributed by atoms with Gasteiger partial charge in [-0.2, -0.15) is 0 Å². The molecular formula is C21H25N3O6. The Kier molecular flexibility index (Phi) is 7.08. The highest BCUT2D eigenvalue weighted by atomic mass is 16.6. The van der Waals surface area contributed by atoms with Crippen molar-refractivity contribution >= 4 is 23.0 Å². The predicted molar refractivity (Wildman–Crippen MR) is 113 cm³/mol. The van der Waals surface area contributed by atoms with Crippen molar-refractivity contribution < 1.29 is 23.9 Å². The van der Waals surface area contributed by atoms with Gasteiger partial charge in [0.25, 0.3) is 11.6 Å². The number of anilines is 2. The molecule has 9 heteroatoms. The van der Waals surface area contributed by atoms with Crippen LogP contribution in [0.3, 0.4) is 0 Å². The molecule has 0 unspecified atom stereocenters. The number of nitro benzene ring substituents is 1. The van der Waals surface area contributed by atoms with Crippen LogP contribution in [0.25, 0.3) is 0 Å². The number of ether oxygens (including phenoxy) is 3. The Hall–Kier alpha value is -3.33. The van der Waals surface area contributed by atoms with Crippen LogP contribution in [-0.4, -0.2) is 50.3 Å². The molecule has 0 radical (unpaired) electrons. The standard InChI is InChI=1S/C21H25N3O6/c1-3-29-19-14-18(23-9-11-28-12-10-23)20(30-4-2)13-16(19)22-21(25)15-7-5-6-8-17(15)24(26)27/h5-8,13-14H,3-4,9-12H2,1-2H3,(H,22,25). The minimum Gasteiger partial charge on any atom is -0.492 e. The van der Waals surface area contributed by atoms with Gasteiger partial charge in [0.15, 0.2) is 0 Å². The molecule has 0 aliphatic carbocycles. The van der Waals surface area contributed by atoms with Crippen LogP contribution in [0.2, 0.25) is 0 Å². The SMILES string of the molecule is CCOc1cc(N2CCOCC2)c(OCC)cc1NC(=O)c1ccccc1[N+](=O)[O-]. The van der Waals surface area contributed by atoms with Gasteiger partial charge in [-0.25, -0.2) is 0 Å². The summed E-state index contributed by atoms with van der Waals surface area (Å²) in [4.78, 5) is 25.7. The van der Waals surface area contributed by atoms with Crippen molar-refractivity contribution in [1.82, 2.24) is 0 Å². The third-order valence-corrected chi connectivity index (χ3v) is 4.61. The molecule has 0 aromatic heterocycles. The Balaban J connectivity index is 1.98. The Bertz CT molecular complexity index is 912. The van der Waals surface area contributed by atoms with Crippen LogP contribution >= 0.6 is 0 Å². The summed E-state index contributed by atoms with van der Waals surface area (Å²) in [6, 6.07) is 9.34. The first-order valence-corrected chi connectivity index (χ1v) is 9.86. The van der Waals surface area contributed by atoms with E-state index in [4.69, 9.17) is 14.2 Å². The fourth-order valence-corrected chi connectivity index (χ4v) is 3.26. The lowest BCUT2D eigenvalue weighted by Gasteiger charge is -2.31. The van der Waals surface area contributed by atoms with E-state index in [0.29, 0.717) is 56.7 Å². The van der Waals surface area contributed by atoms with Crippen molar-refractivity contribution in [3.05, 3.63) is 52.1 Å². The monoisotopic (exact) mass is 415 g/mol. The molecule has 3 rings (SSSR count). The van der Waals surface area contributed by atoms with Gasteiger partial charge in [-0.15, -0.1) is 0 Å². The molecular weight excluding hydrogens is 390 g/mol. The van der Waals surface area contributed by atoms with Crippen molar-refractivity contribution in [1.29, 1.82) is 0 Å². The summed E-state index contributed by atoms with van der Waals surface area (Å²) in [5.41, 5.74) is 0.954. The maximum Gasteiger partial charge on any atom is 0.282 e. The normalized spacial score (nSPS) is 13.6. The number of nitrogens with one attached hydrogen (secondary N) is 1. The predicted octanol–water partition coefficient (Wildman–Crippen LogP) is 3.48. The topological polar surface area (TPSA) is 103 Å². The zero-order valence-electron chi connectivity index (χ0n) is 17.1. The molecule has 1 aliphatic heterocycles. The quantitative estimate of drug-likeness (QED) is 0.520. The van der Waals surface area contributed by atoms with E-state index in [2.05, 4.69) is 10.2 Å². The molecule has 2 aromatic carbocycles. The lowest BCUT2D eigenvalue weighted by atomic mass is 10.1. The van der Waals surface area contributed by atoms with Gasteiger partial charge in [0, 0.05) is 31.3 Å². The van der Waals surface area contributed by atoms with Gasteiger partial charge < -0.3 is 24.4 Å². The molecule has 0 spiro atoms. The maximum atomic E-state index is 12.8. The summed E-state index contributed by atoms with van der Waals surface area (Å²) < 4.78 is 17.0. The van der Waals surface area contributed by atoms with Crippen molar-refractivity contribution in [3.63, 3.8) is 0 Å². The third-order valence-electron chi connectivity index (χ3n) is 4.61. The molecule has 1 saturated heterocycles. The van der Waals surface area contributed by atoms with Gasteiger partial charge in [-0.05, 0) is 19.9 Å². The average molecular weight is 415 g/mol. The number of carbonyl (C=O) groups excluding carboxylic acids is 1. The molecule has 1 amide bonds. The van der Waals surface area contributed by atoms with Crippen LogP contribution < -0.4 is 19.7 Å². The molecule has 0 saturated carbocycles. The Morgan fingerprint density at radius 2 is 1.80 bits per heavy atom. The summed E-state index contributed by atoms with van der Waals surface area (Å²) in [6.07, 6.45) is 0.